The molecule has 23 heavy (non-hydrogen) atoms. The van der Waals surface area contributed by atoms with Gasteiger partial charge in [0.25, 0.3) is 0 Å². The Hall–Kier alpha value is -2.70. The van der Waals surface area contributed by atoms with Gasteiger partial charge in [0.1, 0.15) is 6.26 Å². The number of nitrogens with one attached hydrogen (secondary N) is 1. The molecule has 1 N–H and O–H groups in total. The van der Waals surface area contributed by atoms with Crippen LogP contribution in [0, 0.1) is 11.6 Å². The van der Waals surface area contributed by atoms with Crippen LogP contribution in [-0.4, -0.2) is 10.9 Å². The highest BCUT2D eigenvalue weighted by atomic mass is 19.2. The number of hydrogen-bond acceptors (Lipinski definition) is 4. The molecular weight excluding hydrogens is 306 g/mol. The monoisotopic (exact) mass is 320 g/mol. The molecule has 2 heterocycles. The second kappa shape index (κ2) is 5.83. The van der Waals surface area contributed by atoms with E-state index in [-0.39, 0.29) is 23.9 Å². The van der Waals surface area contributed by atoms with Crippen LogP contribution < -0.4 is 5.32 Å². The van der Waals surface area contributed by atoms with Crippen molar-refractivity contribution >= 4 is 22.9 Å². The Bertz CT molecular complexity index is 867. The first-order valence-corrected chi connectivity index (χ1v) is 7.05. The number of benzene rings is 1. The molecule has 0 aliphatic heterocycles. The zero-order chi connectivity index (χ0) is 16.6. The van der Waals surface area contributed by atoms with E-state index < -0.39 is 17.5 Å². The van der Waals surface area contributed by atoms with Gasteiger partial charge in [-0.25, -0.2) is 4.39 Å². The highest BCUT2D eigenvalue weighted by Crippen LogP contribution is 2.26. The third kappa shape index (κ3) is 2.94. The van der Waals surface area contributed by atoms with Crippen molar-refractivity contribution in [1.29, 1.82) is 0 Å². The fourth-order valence-corrected chi connectivity index (χ4v) is 2.18. The Morgan fingerprint density at radius 1 is 1.26 bits per heavy atom. The van der Waals surface area contributed by atoms with Crippen LogP contribution in [0.15, 0.2) is 33.5 Å². The lowest BCUT2D eigenvalue weighted by Gasteiger charge is -2.00. The Balaban J connectivity index is 1.76. The molecule has 0 atom stereocenters. The van der Waals surface area contributed by atoms with Crippen molar-refractivity contribution in [2.24, 2.45) is 0 Å². The third-order valence-corrected chi connectivity index (χ3v) is 3.43. The zero-order valence-corrected chi connectivity index (χ0v) is 12.5. The van der Waals surface area contributed by atoms with Crippen LogP contribution in [0.4, 0.5) is 14.8 Å². The standard InChI is InChI=1S/C16H14F2N2O3/c1-8(2)12-7-23-16(19-12)20-13(21)5-9-6-22-15-10(9)3-4-11(17)14(15)18/h3-4,6-8H,5H2,1-2H3,(H,19,20,21). The van der Waals surface area contributed by atoms with Crippen LogP contribution in [0.3, 0.4) is 0 Å². The normalized spacial score (nSPS) is 11.3. The van der Waals surface area contributed by atoms with E-state index >= 15 is 0 Å². The van der Waals surface area contributed by atoms with Crippen LogP contribution in [0.5, 0.6) is 0 Å². The summed E-state index contributed by atoms with van der Waals surface area (Å²) in [5.74, 6) is -2.28. The number of anilines is 1. The van der Waals surface area contributed by atoms with E-state index in [1.54, 1.807) is 0 Å². The smallest absolute Gasteiger partial charge is 0.301 e. The molecule has 0 aliphatic carbocycles. The Labute approximate surface area is 130 Å². The number of halogens is 2. The molecule has 2 aromatic heterocycles. The maximum atomic E-state index is 13.6. The summed E-state index contributed by atoms with van der Waals surface area (Å²) >= 11 is 0. The second-order valence-corrected chi connectivity index (χ2v) is 5.46. The SMILES string of the molecule is CC(C)c1coc(NC(=O)Cc2coc3c(F)c(F)ccc23)n1. The largest absolute Gasteiger partial charge is 0.461 e. The first kappa shape index (κ1) is 15.2. The zero-order valence-electron chi connectivity index (χ0n) is 12.5. The van der Waals surface area contributed by atoms with E-state index in [0.29, 0.717) is 10.9 Å². The molecular formula is C16H14F2N2O3. The van der Waals surface area contributed by atoms with Crippen LogP contribution in [0.25, 0.3) is 11.0 Å². The van der Waals surface area contributed by atoms with Crippen LogP contribution in [-0.2, 0) is 11.2 Å². The van der Waals surface area contributed by atoms with Crippen molar-refractivity contribution in [2.45, 2.75) is 26.2 Å². The third-order valence-electron chi connectivity index (χ3n) is 3.43. The van der Waals surface area contributed by atoms with E-state index in [9.17, 15) is 13.6 Å². The first-order chi connectivity index (χ1) is 11.0. The lowest BCUT2D eigenvalue weighted by atomic mass is 10.1. The predicted molar refractivity (Wildman–Crippen MR) is 79.1 cm³/mol. The molecule has 0 saturated carbocycles. The number of amides is 1. The summed E-state index contributed by atoms with van der Waals surface area (Å²) in [5, 5.41) is 2.88. The minimum atomic E-state index is -1.07. The molecule has 0 spiro atoms. The number of nitrogens with zero attached hydrogens (tertiary/aromatic N) is 1. The minimum Gasteiger partial charge on any atom is -0.461 e. The van der Waals surface area contributed by atoms with Gasteiger partial charge in [-0.05, 0) is 18.1 Å². The molecule has 1 amide bonds. The van der Waals surface area contributed by atoms with Gasteiger partial charge in [-0.15, -0.1) is 0 Å². The van der Waals surface area contributed by atoms with Gasteiger partial charge in [0.15, 0.2) is 11.4 Å². The lowest BCUT2D eigenvalue weighted by Crippen LogP contribution is -2.14. The highest BCUT2D eigenvalue weighted by molar-refractivity contribution is 5.94. The van der Waals surface area contributed by atoms with Gasteiger partial charge in [-0.3, -0.25) is 10.1 Å². The number of carbonyl (C=O) groups excluding carboxylic acids is 1. The number of fused-ring (bicyclic) bond motifs is 1. The number of hydrogen-bond donors (Lipinski definition) is 1. The highest BCUT2D eigenvalue weighted by Gasteiger charge is 2.17. The molecule has 0 fully saturated rings. The molecule has 0 bridgehead atoms. The van der Waals surface area contributed by atoms with E-state index in [2.05, 4.69) is 10.3 Å². The van der Waals surface area contributed by atoms with E-state index in [4.69, 9.17) is 8.83 Å². The second-order valence-electron chi connectivity index (χ2n) is 5.46. The van der Waals surface area contributed by atoms with Gasteiger partial charge in [0.2, 0.25) is 11.7 Å². The van der Waals surface area contributed by atoms with Crippen molar-refractivity contribution in [3.63, 3.8) is 0 Å². The summed E-state index contributed by atoms with van der Waals surface area (Å²) in [4.78, 5) is 16.2. The molecule has 5 nitrogen and oxygen atoms in total. The fraction of sp³-hybridized carbons (Fsp3) is 0.250. The Morgan fingerprint density at radius 3 is 2.74 bits per heavy atom. The lowest BCUT2D eigenvalue weighted by molar-refractivity contribution is -0.115. The molecule has 7 heteroatoms. The van der Waals surface area contributed by atoms with Crippen molar-refractivity contribution in [2.75, 3.05) is 5.32 Å². The van der Waals surface area contributed by atoms with Crippen LogP contribution >= 0.6 is 0 Å². The molecule has 1 aromatic carbocycles. The molecule has 0 unspecified atom stereocenters. The summed E-state index contributed by atoms with van der Waals surface area (Å²) in [5.41, 5.74) is 0.977. The molecule has 0 saturated heterocycles. The molecule has 0 radical (unpaired) electrons. The van der Waals surface area contributed by atoms with Crippen molar-refractivity contribution < 1.29 is 22.4 Å². The van der Waals surface area contributed by atoms with E-state index in [1.165, 1.54) is 18.6 Å². The van der Waals surface area contributed by atoms with Gasteiger partial charge in [0.05, 0.1) is 18.4 Å². The molecule has 120 valence electrons. The topological polar surface area (TPSA) is 68.3 Å². The van der Waals surface area contributed by atoms with Gasteiger partial charge < -0.3 is 8.83 Å². The Kier molecular flexibility index (Phi) is 3.85. The van der Waals surface area contributed by atoms with Gasteiger partial charge in [-0.1, -0.05) is 13.8 Å². The van der Waals surface area contributed by atoms with Crippen LogP contribution in [0.1, 0.15) is 31.0 Å². The van der Waals surface area contributed by atoms with Gasteiger partial charge in [0, 0.05) is 10.9 Å². The van der Waals surface area contributed by atoms with Crippen LogP contribution in [0.2, 0.25) is 0 Å². The first-order valence-electron chi connectivity index (χ1n) is 7.05. The number of carbonyl (C=O) groups is 1. The maximum absolute atomic E-state index is 13.6. The molecule has 3 aromatic rings. The fourth-order valence-electron chi connectivity index (χ4n) is 2.18. The van der Waals surface area contributed by atoms with E-state index in [0.717, 1.165) is 11.8 Å². The summed E-state index contributed by atoms with van der Waals surface area (Å²) in [7, 11) is 0. The van der Waals surface area contributed by atoms with Gasteiger partial charge >= 0.3 is 6.01 Å². The maximum Gasteiger partial charge on any atom is 0.301 e. The summed E-state index contributed by atoms with van der Waals surface area (Å²) in [6.45, 7) is 3.91. The average Bonchev–Trinajstić information content (AvgIpc) is 3.11. The van der Waals surface area contributed by atoms with Crippen molar-refractivity contribution in [3.8, 4) is 0 Å². The van der Waals surface area contributed by atoms with Gasteiger partial charge in [-0.2, -0.15) is 9.37 Å². The number of aromatic nitrogens is 1. The van der Waals surface area contributed by atoms with Crippen molar-refractivity contribution in [3.05, 3.63) is 47.6 Å². The summed E-state index contributed by atoms with van der Waals surface area (Å²) in [6, 6.07) is 2.48. The minimum absolute atomic E-state index is 0.0720. The number of rotatable bonds is 4. The predicted octanol–water partition coefficient (Wildman–Crippen LogP) is 4.00. The average molecular weight is 320 g/mol. The Morgan fingerprint density at radius 2 is 2.04 bits per heavy atom. The molecule has 3 rings (SSSR count). The summed E-state index contributed by atoms with van der Waals surface area (Å²) in [6.07, 6.45) is 2.64. The number of oxazole rings is 1. The van der Waals surface area contributed by atoms with E-state index in [1.807, 2.05) is 13.8 Å². The van der Waals surface area contributed by atoms with Crippen molar-refractivity contribution in [1.82, 2.24) is 4.98 Å². The number of furan rings is 1. The molecule has 0 aliphatic rings. The summed E-state index contributed by atoms with van der Waals surface area (Å²) < 4.78 is 36.9. The quantitative estimate of drug-likeness (QED) is 0.789.